The third-order valence-corrected chi connectivity index (χ3v) is 6.07. The van der Waals surface area contributed by atoms with Crippen LogP contribution in [0.4, 0.5) is 5.69 Å². The van der Waals surface area contributed by atoms with Crippen LogP contribution in [0.15, 0.2) is 60.7 Å². The van der Waals surface area contributed by atoms with Gasteiger partial charge in [-0.1, -0.05) is 50.6 Å². The predicted octanol–water partition coefficient (Wildman–Crippen LogP) is 6.48. The number of benzene rings is 3. The third kappa shape index (κ3) is 5.07. The largest absolute Gasteiger partial charge is 0.478 e. The molecular formula is C27H29ClN4O2. The van der Waals surface area contributed by atoms with Crippen molar-refractivity contribution in [1.29, 1.82) is 0 Å². The number of carbonyl (C=O) groups is 1. The van der Waals surface area contributed by atoms with Crippen molar-refractivity contribution in [1.82, 2.24) is 15.0 Å². The lowest BCUT2D eigenvalue weighted by atomic mass is 9.87. The fraction of sp³-hybridized carbons (Fsp3) is 0.296. The molecule has 0 fully saturated rings. The van der Waals surface area contributed by atoms with E-state index >= 15 is 0 Å². The lowest BCUT2D eigenvalue weighted by molar-refractivity contribution is -0.128. The Hall–Kier alpha value is -3.38. The van der Waals surface area contributed by atoms with Gasteiger partial charge in [-0.3, -0.25) is 4.79 Å². The van der Waals surface area contributed by atoms with E-state index in [1.54, 1.807) is 26.0 Å². The van der Waals surface area contributed by atoms with E-state index in [2.05, 4.69) is 36.3 Å². The van der Waals surface area contributed by atoms with Gasteiger partial charge in [-0.25, -0.2) is 0 Å². The van der Waals surface area contributed by atoms with Crippen molar-refractivity contribution in [3.8, 4) is 11.4 Å². The van der Waals surface area contributed by atoms with Crippen LogP contribution >= 0.6 is 11.6 Å². The normalized spacial score (nSPS) is 12.1. The maximum Gasteiger partial charge on any atom is 0.267 e. The molecule has 1 heterocycles. The molecule has 1 aromatic heterocycles. The number of aryl methyl sites for hydroxylation is 1. The molecule has 0 radical (unpaired) electrons. The summed E-state index contributed by atoms with van der Waals surface area (Å²) < 4.78 is 6.02. The number of hydrogen-bond acceptors (Lipinski definition) is 4. The number of aromatic nitrogens is 3. The van der Waals surface area contributed by atoms with Crippen molar-refractivity contribution < 1.29 is 9.53 Å². The number of anilines is 1. The summed E-state index contributed by atoms with van der Waals surface area (Å²) in [5.41, 5.74) is 3.93. The number of ether oxygens (including phenoxy) is 1. The molecule has 0 bridgehead atoms. The Bertz CT molecular complexity index is 1350. The van der Waals surface area contributed by atoms with Crippen LogP contribution in [0, 0.1) is 6.92 Å². The molecule has 0 aliphatic heterocycles. The average Bonchev–Trinajstić information content (AvgIpc) is 3.18. The van der Waals surface area contributed by atoms with Crippen LogP contribution in [0.1, 0.15) is 45.7 Å². The van der Waals surface area contributed by atoms with Gasteiger partial charge in [0.25, 0.3) is 5.91 Å². The quantitative estimate of drug-likeness (QED) is 0.358. The second-order valence-electron chi connectivity index (χ2n) is 9.97. The van der Waals surface area contributed by atoms with Crippen molar-refractivity contribution in [3.63, 3.8) is 0 Å². The topological polar surface area (TPSA) is 69.0 Å². The number of rotatable bonds is 5. The summed E-state index contributed by atoms with van der Waals surface area (Å²) in [5.74, 6) is 0.382. The first-order valence-corrected chi connectivity index (χ1v) is 11.5. The summed E-state index contributed by atoms with van der Waals surface area (Å²) in [5, 5.41) is 12.6. The number of nitrogens with one attached hydrogen (secondary N) is 1. The zero-order valence-electron chi connectivity index (χ0n) is 20.3. The Morgan fingerprint density at radius 1 is 0.912 bits per heavy atom. The van der Waals surface area contributed by atoms with Crippen LogP contribution in [0.3, 0.4) is 0 Å². The Morgan fingerprint density at radius 2 is 1.59 bits per heavy atom. The number of nitrogens with zero attached hydrogens (tertiary/aromatic N) is 3. The van der Waals surface area contributed by atoms with Crippen LogP contribution in [-0.4, -0.2) is 26.5 Å². The monoisotopic (exact) mass is 476 g/mol. The summed E-state index contributed by atoms with van der Waals surface area (Å²) >= 11 is 6.24. The number of carbonyl (C=O) groups excluding carboxylic acids is 1. The lowest BCUT2D eigenvalue weighted by Crippen LogP contribution is -2.42. The Balaban J connectivity index is 1.49. The Kier molecular flexibility index (Phi) is 6.13. The van der Waals surface area contributed by atoms with Gasteiger partial charge in [-0.15, -0.1) is 10.2 Å². The second-order valence-corrected chi connectivity index (χ2v) is 10.4. The van der Waals surface area contributed by atoms with Gasteiger partial charge in [0.1, 0.15) is 16.8 Å². The number of hydrogen-bond donors (Lipinski definition) is 1. The van der Waals surface area contributed by atoms with Crippen LogP contribution < -0.4 is 10.1 Å². The fourth-order valence-corrected chi connectivity index (χ4v) is 3.63. The molecule has 0 spiro atoms. The summed E-state index contributed by atoms with van der Waals surface area (Å²) in [6.07, 6.45) is 0. The zero-order chi connectivity index (χ0) is 24.7. The van der Waals surface area contributed by atoms with Crippen molar-refractivity contribution in [2.24, 2.45) is 0 Å². The Morgan fingerprint density at radius 3 is 2.24 bits per heavy atom. The summed E-state index contributed by atoms with van der Waals surface area (Å²) in [6.45, 7) is 11.9. The van der Waals surface area contributed by atoms with Gasteiger partial charge in [0.2, 0.25) is 0 Å². The van der Waals surface area contributed by atoms with E-state index < -0.39 is 5.60 Å². The highest BCUT2D eigenvalue weighted by Crippen LogP contribution is 2.27. The molecule has 0 unspecified atom stereocenters. The zero-order valence-corrected chi connectivity index (χ0v) is 21.1. The number of fused-ring (bicyclic) bond motifs is 1. The first-order valence-electron chi connectivity index (χ1n) is 11.2. The number of amides is 1. The average molecular weight is 477 g/mol. The lowest BCUT2D eigenvalue weighted by Gasteiger charge is -2.26. The molecule has 0 aliphatic carbocycles. The molecule has 4 rings (SSSR count). The van der Waals surface area contributed by atoms with Crippen LogP contribution in [-0.2, 0) is 10.2 Å². The van der Waals surface area contributed by atoms with E-state index in [-0.39, 0.29) is 11.3 Å². The SMILES string of the molecule is Cc1ccc(-n2nc3ccc(NC(=O)C(C)(C)Oc4ccc(C(C)(C)C)cc4)cc3n2)cc1Cl. The van der Waals surface area contributed by atoms with E-state index in [0.717, 1.165) is 11.3 Å². The Labute approximate surface area is 204 Å². The molecule has 0 saturated heterocycles. The maximum atomic E-state index is 13.0. The molecule has 6 nitrogen and oxygen atoms in total. The molecule has 7 heteroatoms. The van der Waals surface area contributed by atoms with Gasteiger partial charge in [0.05, 0.1) is 5.69 Å². The molecule has 0 saturated carbocycles. The second kappa shape index (κ2) is 8.76. The maximum absolute atomic E-state index is 13.0. The van der Waals surface area contributed by atoms with Crippen molar-refractivity contribution >= 4 is 34.2 Å². The first kappa shape index (κ1) is 23.8. The van der Waals surface area contributed by atoms with Crippen LogP contribution in [0.25, 0.3) is 16.7 Å². The van der Waals surface area contributed by atoms with Crippen molar-refractivity contribution in [2.45, 2.75) is 52.6 Å². The molecule has 1 N–H and O–H groups in total. The molecule has 34 heavy (non-hydrogen) atoms. The van der Waals surface area contributed by atoms with Crippen LogP contribution in [0.5, 0.6) is 5.75 Å². The summed E-state index contributed by atoms with van der Waals surface area (Å²) in [7, 11) is 0. The minimum atomic E-state index is -1.07. The molecular weight excluding hydrogens is 448 g/mol. The van der Waals surface area contributed by atoms with E-state index in [0.29, 0.717) is 27.5 Å². The molecule has 0 atom stereocenters. The van der Waals surface area contributed by atoms with Crippen LogP contribution in [0.2, 0.25) is 5.02 Å². The van der Waals surface area contributed by atoms with Crippen molar-refractivity contribution in [2.75, 3.05) is 5.32 Å². The molecule has 3 aromatic carbocycles. The predicted molar refractivity (Wildman–Crippen MR) is 137 cm³/mol. The van der Waals surface area contributed by atoms with Gasteiger partial charge in [0, 0.05) is 10.7 Å². The highest BCUT2D eigenvalue weighted by atomic mass is 35.5. The van der Waals surface area contributed by atoms with Gasteiger partial charge in [-0.05, 0) is 79.8 Å². The molecule has 0 aliphatic rings. The van der Waals surface area contributed by atoms with Gasteiger partial charge >= 0.3 is 0 Å². The highest BCUT2D eigenvalue weighted by molar-refractivity contribution is 6.31. The number of halogens is 1. The molecule has 176 valence electrons. The molecule has 1 amide bonds. The first-order chi connectivity index (χ1) is 15.9. The van der Waals surface area contributed by atoms with E-state index in [1.165, 1.54) is 10.4 Å². The third-order valence-electron chi connectivity index (χ3n) is 5.66. The smallest absolute Gasteiger partial charge is 0.267 e. The van der Waals surface area contributed by atoms with Gasteiger partial charge in [0.15, 0.2) is 5.60 Å². The van der Waals surface area contributed by atoms with E-state index in [1.807, 2.05) is 55.5 Å². The van der Waals surface area contributed by atoms with E-state index in [4.69, 9.17) is 16.3 Å². The summed E-state index contributed by atoms with van der Waals surface area (Å²) in [4.78, 5) is 14.5. The standard InChI is InChI=1S/C27H29ClN4O2/c1-17-7-11-20(16-22(17)28)32-30-23-14-10-19(15-24(23)31-32)29-25(33)27(5,6)34-21-12-8-18(9-13-21)26(2,3)4/h7-16H,1-6H3,(H,29,33). The van der Waals surface area contributed by atoms with Crippen molar-refractivity contribution in [3.05, 3.63) is 76.8 Å². The summed E-state index contributed by atoms with van der Waals surface area (Å²) in [6, 6.07) is 18.9. The van der Waals surface area contributed by atoms with E-state index in [9.17, 15) is 4.79 Å². The van der Waals surface area contributed by atoms with Gasteiger partial charge in [-0.2, -0.15) is 4.80 Å². The molecule has 4 aromatic rings. The minimum absolute atomic E-state index is 0.0532. The van der Waals surface area contributed by atoms with Gasteiger partial charge < -0.3 is 10.1 Å². The minimum Gasteiger partial charge on any atom is -0.478 e. The fourth-order valence-electron chi connectivity index (χ4n) is 3.46. The highest BCUT2D eigenvalue weighted by Gasteiger charge is 2.30.